The summed E-state index contributed by atoms with van der Waals surface area (Å²) in [5.74, 6) is 3.46. The molecule has 2 bridgehead atoms. The summed E-state index contributed by atoms with van der Waals surface area (Å²) < 4.78 is 38.6. The van der Waals surface area contributed by atoms with Crippen LogP contribution in [0.25, 0.3) is 0 Å². The van der Waals surface area contributed by atoms with Crippen LogP contribution in [0.5, 0.6) is 5.75 Å². The quantitative estimate of drug-likeness (QED) is 0.223. The van der Waals surface area contributed by atoms with Gasteiger partial charge in [-0.3, -0.25) is 9.62 Å². The van der Waals surface area contributed by atoms with Crippen LogP contribution in [0.3, 0.4) is 0 Å². The first-order valence-corrected chi connectivity index (χ1v) is 16.4. The fourth-order valence-corrected chi connectivity index (χ4v) is 8.44. The van der Waals surface area contributed by atoms with E-state index in [1.807, 2.05) is 11.9 Å². The SMILES string of the molecule is C#CCN(C)CC(CCC12CCC(c3ccccc31)c1ccccc12)Oc1ccc(S(=O)(=O)Nc2ncns2)cc1C#N. The van der Waals surface area contributed by atoms with Crippen molar-refractivity contribution in [3.05, 3.63) is 101 Å². The summed E-state index contributed by atoms with van der Waals surface area (Å²) in [5, 5.41) is 10.1. The lowest BCUT2D eigenvalue weighted by atomic mass is 9.54. The van der Waals surface area contributed by atoms with Gasteiger partial charge in [-0.1, -0.05) is 54.5 Å². The Hall–Kier alpha value is -4.22. The molecule has 43 heavy (non-hydrogen) atoms. The number of hydrogen-bond donors (Lipinski definition) is 1. The third-order valence-electron chi connectivity index (χ3n) is 8.59. The van der Waals surface area contributed by atoms with Crippen LogP contribution in [-0.2, 0) is 15.4 Å². The lowest BCUT2D eigenvalue weighted by molar-refractivity contribution is 0.134. The highest BCUT2D eigenvalue weighted by Crippen LogP contribution is 2.58. The van der Waals surface area contributed by atoms with E-state index in [-0.39, 0.29) is 27.1 Å². The molecule has 4 aromatic rings. The number of likely N-dealkylation sites (N-methyl/N-ethyl adjacent to an activating group) is 1. The van der Waals surface area contributed by atoms with Crippen molar-refractivity contribution in [2.45, 2.75) is 48.0 Å². The van der Waals surface area contributed by atoms with Crippen LogP contribution in [0.2, 0.25) is 0 Å². The zero-order valence-electron chi connectivity index (χ0n) is 23.7. The Morgan fingerprint density at radius 2 is 1.88 bits per heavy atom. The predicted octanol–water partition coefficient (Wildman–Crippen LogP) is 5.53. The summed E-state index contributed by atoms with van der Waals surface area (Å²) in [4.78, 5) is 5.85. The van der Waals surface area contributed by atoms with E-state index in [0.29, 0.717) is 31.2 Å². The molecule has 1 unspecified atom stereocenters. The van der Waals surface area contributed by atoms with Crippen LogP contribution in [0.4, 0.5) is 5.13 Å². The molecule has 7 rings (SSSR count). The third kappa shape index (κ3) is 5.50. The van der Waals surface area contributed by atoms with Crippen LogP contribution in [0, 0.1) is 23.7 Å². The minimum atomic E-state index is -3.96. The molecule has 1 aromatic heterocycles. The first kappa shape index (κ1) is 28.9. The van der Waals surface area contributed by atoms with Crippen LogP contribution in [0.1, 0.15) is 59.4 Å². The number of sulfonamides is 1. The summed E-state index contributed by atoms with van der Waals surface area (Å²) in [6.07, 6.45) is 10.3. The Kier molecular flexibility index (Phi) is 7.93. The van der Waals surface area contributed by atoms with E-state index in [0.717, 1.165) is 30.8 Å². The molecule has 0 aliphatic heterocycles. The minimum absolute atomic E-state index is 0.0568. The maximum absolute atomic E-state index is 12.9. The van der Waals surface area contributed by atoms with Crippen molar-refractivity contribution in [3.63, 3.8) is 0 Å². The molecule has 1 atom stereocenters. The van der Waals surface area contributed by atoms with E-state index in [2.05, 4.69) is 74.6 Å². The van der Waals surface area contributed by atoms with Crippen LogP contribution < -0.4 is 9.46 Å². The molecule has 0 radical (unpaired) electrons. The Morgan fingerprint density at radius 3 is 2.53 bits per heavy atom. The molecular formula is C33H31N5O3S2. The lowest BCUT2D eigenvalue weighted by Crippen LogP contribution is -2.42. The Morgan fingerprint density at radius 1 is 1.16 bits per heavy atom. The molecule has 3 aromatic carbocycles. The molecule has 218 valence electrons. The number of nitriles is 1. The van der Waals surface area contributed by atoms with E-state index in [1.54, 1.807) is 6.07 Å². The van der Waals surface area contributed by atoms with Gasteiger partial charge in [0.1, 0.15) is 24.3 Å². The second-order valence-electron chi connectivity index (χ2n) is 11.1. The molecule has 0 saturated heterocycles. The highest BCUT2D eigenvalue weighted by Gasteiger charge is 2.47. The molecule has 8 nitrogen and oxygen atoms in total. The third-order valence-corrected chi connectivity index (χ3v) is 10.6. The second-order valence-corrected chi connectivity index (χ2v) is 13.6. The summed E-state index contributed by atoms with van der Waals surface area (Å²) in [6.45, 7) is 1.01. The fraction of sp³-hybridized carbons (Fsp3) is 0.303. The van der Waals surface area contributed by atoms with Crippen molar-refractivity contribution >= 4 is 26.7 Å². The van der Waals surface area contributed by atoms with Crippen LogP contribution in [-0.4, -0.2) is 48.9 Å². The van der Waals surface area contributed by atoms with E-state index in [9.17, 15) is 13.7 Å². The van der Waals surface area contributed by atoms with Gasteiger partial charge in [-0.25, -0.2) is 13.4 Å². The molecule has 10 heteroatoms. The Labute approximate surface area is 256 Å². The molecular weight excluding hydrogens is 579 g/mol. The number of nitrogens with zero attached hydrogens (tertiary/aromatic N) is 4. The predicted molar refractivity (Wildman–Crippen MR) is 167 cm³/mol. The normalized spacial score (nSPS) is 19.1. The Bertz CT molecular complexity index is 1780. The van der Waals surface area contributed by atoms with Crippen molar-refractivity contribution in [2.24, 2.45) is 0 Å². The summed E-state index contributed by atoms with van der Waals surface area (Å²) in [7, 11) is -2.01. The number of fused-ring (bicyclic) bond motifs is 1. The maximum Gasteiger partial charge on any atom is 0.263 e. The fourth-order valence-electron chi connectivity index (χ4n) is 6.75. The van der Waals surface area contributed by atoms with Gasteiger partial charge in [0, 0.05) is 29.4 Å². The molecule has 0 spiro atoms. The van der Waals surface area contributed by atoms with E-state index >= 15 is 0 Å². The zero-order valence-corrected chi connectivity index (χ0v) is 25.4. The minimum Gasteiger partial charge on any atom is -0.488 e. The van der Waals surface area contributed by atoms with Gasteiger partial charge >= 0.3 is 0 Å². The van der Waals surface area contributed by atoms with E-state index in [1.165, 1.54) is 40.7 Å². The number of anilines is 1. The molecule has 1 heterocycles. The average molecular weight is 610 g/mol. The topological polar surface area (TPSA) is 108 Å². The van der Waals surface area contributed by atoms with Gasteiger partial charge in [-0.15, -0.1) is 6.42 Å². The van der Waals surface area contributed by atoms with Crippen molar-refractivity contribution in [2.75, 3.05) is 24.9 Å². The number of aromatic nitrogens is 2. The average Bonchev–Trinajstić information content (AvgIpc) is 3.53. The number of rotatable bonds is 11. The molecule has 0 amide bonds. The molecule has 0 fully saturated rings. The van der Waals surface area contributed by atoms with E-state index in [4.69, 9.17) is 11.2 Å². The van der Waals surface area contributed by atoms with Crippen LogP contribution >= 0.6 is 11.5 Å². The maximum atomic E-state index is 12.9. The number of terminal acetylenes is 1. The number of benzene rings is 3. The van der Waals surface area contributed by atoms with Gasteiger partial charge in [-0.2, -0.15) is 9.64 Å². The largest absolute Gasteiger partial charge is 0.488 e. The summed E-state index contributed by atoms with van der Waals surface area (Å²) >= 11 is 0.929. The highest BCUT2D eigenvalue weighted by molar-refractivity contribution is 7.93. The highest BCUT2D eigenvalue weighted by atomic mass is 32.2. The second kappa shape index (κ2) is 11.8. The lowest BCUT2D eigenvalue weighted by Gasteiger charge is -2.50. The zero-order chi connectivity index (χ0) is 30.0. The monoisotopic (exact) mass is 609 g/mol. The van der Waals surface area contributed by atoms with Crippen molar-refractivity contribution in [1.82, 2.24) is 14.3 Å². The van der Waals surface area contributed by atoms with Gasteiger partial charge in [0.25, 0.3) is 10.0 Å². The number of nitrogens with one attached hydrogen (secondary N) is 1. The van der Waals surface area contributed by atoms with Gasteiger partial charge in [0.2, 0.25) is 5.13 Å². The summed E-state index contributed by atoms with van der Waals surface area (Å²) in [5.41, 5.74) is 5.64. The first-order chi connectivity index (χ1) is 20.8. The number of hydrogen-bond acceptors (Lipinski definition) is 8. The van der Waals surface area contributed by atoms with Crippen molar-refractivity contribution in [3.8, 4) is 24.2 Å². The van der Waals surface area contributed by atoms with Gasteiger partial charge in [-0.05, 0) is 73.2 Å². The smallest absolute Gasteiger partial charge is 0.263 e. The molecule has 0 saturated carbocycles. The van der Waals surface area contributed by atoms with Gasteiger partial charge < -0.3 is 4.74 Å². The van der Waals surface area contributed by atoms with Crippen molar-refractivity contribution < 1.29 is 13.2 Å². The Balaban J connectivity index is 1.29. The molecule has 1 N–H and O–H groups in total. The summed E-state index contributed by atoms with van der Waals surface area (Å²) in [6, 6.07) is 24.1. The standard InChI is InChI=1S/C33H31N5O3S2/c1-3-18-38(2)21-24(41-31-13-12-25(19-23(31)20-34)43(39,40)37-32-35-22-36-42-32)14-16-33-17-15-26(27-8-4-6-10-29(27)33)28-9-5-7-11-30(28)33/h1,4-13,19,22,24,26H,14-18,21H2,2H3,(H,35,36,37). The molecule has 3 aliphatic carbocycles. The first-order valence-electron chi connectivity index (χ1n) is 14.2. The van der Waals surface area contributed by atoms with Crippen molar-refractivity contribution in [1.29, 1.82) is 5.26 Å². The number of ether oxygens (including phenoxy) is 1. The van der Waals surface area contributed by atoms with Gasteiger partial charge in [0.05, 0.1) is 17.0 Å². The van der Waals surface area contributed by atoms with Gasteiger partial charge in [0.15, 0.2) is 0 Å². The van der Waals surface area contributed by atoms with E-state index < -0.39 is 10.0 Å². The molecule has 3 aliphatic rings. The van der Waals surface area contributed by atoms with Crippen LogP contribution in [0.15, 0.2) is 78.0 Å².